The van der Waals surface area contributed by atoms with E-state index < -0.39 is 0 Å². The molecule has 0 atom stereocenters. The van der Waals surface area contributed by atoms with Crippen LogP contribution in [0, 0.1) is 20.8 Å². The molecule has 0 bridgehead atoms. The highest BCUT2D eigenvalue weighted by molar-refractivity contribution is 7.98. The molecule has 0 spiro atoms. The Morgan fingerprint density at radius 3 is 2.50 bits per heavy atom. The van der Waals surface area contributed by atoms with Crippen LogP contribution in [0.1, 0.15) is 28.1 Å². The Kier molecular flexibility index (Phi) is 6.81. The molecule has 0 aliphatic carbocycles. The lowest BCUT2D eigenvalue weighted by atomic mass is 10.1. The molecule has 146 valence electrons. The van der Waals surface area contributed by atoms with Crippen molar-refractivity contribution in [2.75, 3.05) is 0 Å². The zero-order valence-corrected chi connectivity index (χ0v) is 18.0. The molecular weight excluding hydrogens is 390 g/mol. The summed E-state index contributed by atoms with van der Waals surface area (Å²) in [4.78, 5) is 0. The summed E-state index contributed by atoms with van der Waals surface area (Å²) in [5, 5.41) is 10.3. The van der Waals surface area contributed by atoms with Gasteiger partial charge < -0.3 is 4.74 Å². The van der Waals surface area contributed by atoms with Gasteiger partial charge in [-0.3, -0.25) is 4.57 Å². The summed E-state index contributed by atoms with van der Waals surface area (Å²) < 4.78 is 8.01. The second-order valence-corrected chi connectivity index (χ2v) is 7.99. The highest BCUT2D eigenvalue weighted by atomic mass is 35.5. The molecule has 1 aromatic heterocycles. The van der Waals surface area contributed by atoms with Gasteiger partial charge in [0.25, 0.3) is 0 Å². The van der Waals surface area contributed by atoms with E-state index in [0.717, 1.165) is 38.6 Å². The molecule has 4 nitrogen and oxygen atoms in total. The molecule has 28 heavy (non-hydrogen) atoms. The van der Waals surface area contributed by atoms with Gasteiger partial charge >= 0.3 is 0 Å². The number of hydrogen-bond donors (Lipinski definition) is 0. The van der Waals surface area contributed by atoms with Crippen LogP contribution in [0.3, 0.4) is 0 Å². The van der Waals surface area contributed by atoms with Gasteiger partial charge in [0.05, 0.1) is 0 Å². The van der Waals surface area contributed by atoms with Gasteiger partial charge in [-0.15, -0.1) is 16.8 Å². The van der Waals surface area contributed by atoms with E-state index in [-0.39, 0.29) is 0 Å². The molecule has 0 aliphatic heterocycles. The number of aryl methyl sites for hydroxylation is 3. The van der Waals surface area contributed by atoms with E-state index in [1.165, 1.54) is 11.1 Å². The fourth-order valence-electron chi connectivity index (χ4n) is 2.90. The molecule has 0 saturated carbocycles. The third-order valence-electron chi connectivity index (χ3n) is 4.50. The van der Waals surface area contributed by atoms with Gasteiger partial charge in [0, 0.05) is 17.3 Å². The lowest BCUT2D eigenvalue weighted by Gasteiger charge is -2.11. The van der Waals surface area contributed by atoms with Crippen LogP contribution in [0.15, 0.2) is 54.2 Å². The quantitative estimate of drug-likeness (QED) is 0.339. The van der Waals surface area contributed by atoms with Crippen molar-refractivity contribution in [2.45, 2.75) is 44.8 Å². The minimum Gasteiger partial charge on any atom is -0.486 e. The predicted octanol–water partition coefficient (Wildman–Crippen LogP) is 5.91. The average Bonchev–Trinajstić information content (AvgIpc) is 3.06. The Morgan fingerprint density at radius 1 is 1.11 bits per heavy atom. The second-order valence-electron chi connectivity index (χ2n) is 6.67. The van der Waals surface area contributed by atoms with Gasteiger partial charge in [0.1, 0.15) is 12.4 Å². The summed E-state index contributed by atoms with van der Waals surface area (Å²) in [6.07, 6.45) is 1.85. The van der Waals surface area contributed by atoms with Crippen LogP contribution in [0.25, 0.3) is 0 Å². The molecule has 6 heteroatoms. The number of nitrogens with zero attached hydrogens (tertiary/aromatic N) is 3. The third-order valence-corrected chi connectivity index (χ3v) is 6.11. The summed E-state index contributed by atoms with van der Waals surface area (Å²) in [6.45, 7) is 10.9. The Bertz CT molecular complexity index is 961. The Hall–Kier alpha value is -2.24. The van der Waals surface area contributed by atoms with Crippen LogP contribution in [-0.2, 0) is 18.9 Å². The molecular formula is C22H24ClN3OS. The summed E-state index contributed by atoms with van der Waals surface area (Å²) in [5.74, 6) is 2.40. The molecule has 0 radical (unpaired) electrons. The van der Waals surface area contributed by atoms with Gasteiger partial charge in [-0.2, -0.15) is 0 Å². The standard InChI is InChI=1S/C22H24ClN3OS/c1-5-10-26-20(13-27-19-11-16(3)21(23)17(4)12-19)24-25-22(26)28-14-18-9-7-6-8-15(18)2/h5-9,11-12H,1,10,13-14H2,2-4H3. The number of rotatable bonds is 8. The highest BCUT2D eigenvalue weighted by Gasteiger charge is 2.13. The number of ether oxygens (including phenoxy) is 1. The third kappa shape index (κ3) is 4.78. The predicted molar refractivity (Wildman–Crippen MR) is 116 cm³/mol. The van der Waals surface area contributed by atoms with E-state index in [9.17, 15) is 0 Å². The minimum absolute atomic E-state index is 0.340. The Labute approximate surface area is 175 Å². The van der Waals surface area contributed by atoms with Crippen molar-refractivity contribution in [1.29, 1.82) is 0 Å². The zero-order valence-electron chi connectivity index (χ0n) is 16.4. The van der Waals surface area contributed by atoms with E-state index >= 15 is 0 Å². The van der Waals surface area contributed by atoms with Crippen LogP contribution in [-0.4, -0.2) is 14.8 Å². The summed E-state index contributed by atoms with van der Waals surface area (Å²) >= 11 is 7.91. The lowest BCUT2D eigenvalue weighted by Crippen LogP contribution is -2.07. The molecule has 0 fully saturated rings. The van der Waals surface area contributed by atoms with Crippen molar-refractivity contribution in [3.8, 4) is 5.75 Å². The fourth-order valence-corrected chi connectivity index (χ4v) is 4.05. The van der Waals surface area contributed by atoms with E-state index in [1.807, 2.05) is 36.6 Å². The first-order chi connectivity index (χ1) is 13.5. The molecule has 3 rings (SSSR count). The lowest BCUT2D eigenvalue weighted by molar-refractivity contribution is 0.289. The van der Waals surface area contributed by atoms with Gasteiger partial charge in [-0.25, -0.2) is 0 Å². The van der Waals surface area contributed by atoms with Crippen molar-refractivity contribution in [1.82, 2.24) is 14.8 Å². The summed E-state index contributed by atoms with van der Waals surface area (Å²) in [5.41, 5.74) is 4.57. The summed E-state index contributed by atoms with van der Waals surface area (Å²) in [7, 11) is 0. The zero-order chi connectivity index (χ0) is 20.1. The number of allylic oxidation sites excluding steroid dienone is 1. The van der Waals surface area contributed by atoms with Crippen LogP contribution in [0.2, 0.25) is 5.02 Å². The molecule has 0 saturated heterocycles. The Morgan fingerprint density at radius 2 is 1.82 bits per heavy atom. The maximum atomic E-state index is 6.24. The molecule has 3 aromatic rings. The first kappa shape index (κ1) is 20.5. The smallest absolute Gasteiger partial charge is 0.191 e. The van der Waals surface area contributed by atoms with Crippen LogP contribution >= 0.6 is 23.4 Å². The molecule has 0 unspecified atom stereocenters. The molecule has 0 N–H and O–H groups in total. The van der Waals surface area contributed by atoms with Gasteiger partial charge in [-0.1, -0.05) is 53.7 Å². The van der Waals surface area contributed by atoms with Crippen molar-refractivity contribution >= 4 is 23.4 Å². The Balaban J connectivity index is 1.73. The normalized spacial score (nSPS) is 10.9. The van der Waals surface area contributed by atoms with E-state index in [0.29, 0.717) is 13.2 Å². The molecule has 2 aromatic carbocycles. The van der Waals surface area contributed by atoms with Gasteiger partial charge in [0.15, 0.2) is 11.0 Å². The largest absolute Gasteiger partial charge is 0.486 e. The van der Waals surface area contributed by atoms with Crippen LogP contribution in [0.4, 0.5) is 0 Å². The minimum atomic E-state index is 0.340. The maximum Gasteiger partial charge on any atom is 0.191 e. The number of hydrogen-bond acceptors (Lipinski definition) is 4. The van der Waals surface area contributed by atoms with Crippen LogP contribution in [0.5, 0.6) is 5.75 Å². The summed E-state index contributed by atoms with van der Waals surface area (Å²) in [6, 6.07) is 12.3. The second kappa shape index (κ2) is 9.30. The molecule has 0 aliphatic rings. The van der Waals surface area contributed by atoms with E-state index in [4.69, 9.17) is 16.3 Å². The number of aromatic nitrogens is 3. The van der Waals surface area contributed by atoms with E-state index in [1.54, 1.807) is 11.8 Å². The van der Waals surface area contributed by atoms with Gasteiger partial charge in [-0.05, 0) is 55.2 Å². The monoisotopic (exact) mass is 413 g/mol. The van der Waals surface area contributed by atoms with E-state index in [2.05, 4.69) is 48.0 Å². The average molecular weight is 414 g/mol. The first-order valence-electron chi connectivity index (χ1n) is 9.09. The van der Waals surface area contributed by atoms with Crippen molar-refractivity contribution < 1.29 is 4.74 Å². The highest BCUT2D eigenvalue weighted by Crippen LogP contribution is 2.27. The number of thioether (sulfide) groups is 1. The van der Waals surface area contributed by atoms with Gasteiger partial charge in [0.2, 0.25) is 0 Å². The first-order valence-corrected chi connectivity index (χ1v) is 10.5. The molecule has 0 amide bonds. The molecule has 1 heterocycles. The van der Waals surface area contributed by atoms with Crippen molar-refractivity contribution in [3.63, 3.8) is 0 Å². The topological polar surface area (TPSA) is 39.9 Å². The van der Waals surface area contributed by atoms with Crippen molar-refractivity contribution in [2.24, 2.45) is 0 Å². The number of benzene rings is 2. The maximum absolute atomic E-state index is 6.24. The number of halogens is 1. The SMILES string of the molecule is C=CCn1c(COc2cc(C)c(Cl)c(C)c2)nnc1SCc1ccccc1C. The fraction of sp³-hybridized carbons (Fsp3) is 0.273. The van der Waals surface area contributed by atoms with Crippen molar-refractivity contribution in [3.05, 3.63) is 82.2 Å². The van der Waals surface area contributed by atoms with Crippen LogP contribution < -0.4 is 4.74 Å².